The maximum Gasteiger partial charge on any atom is 0.269 e. The van der Waals surface area contributed by atoms with Gasteiger partial charge in [0.1, 0.15) is 12.4 Å². The van der Waals surface area contributed by atoms with Crippen LogP contribution in [-0.4, -0.2) is 54.4 Å². The summed E-state index contributed by atoms with van der Waals surface area (Å²) in [6.45, 7) is 9.27. The van der Waals surface area contributed by atoms with Gasteiger partial charge in [-0.1, -0.05) is 12.1 Å². The Bertz CT molecular complexity index is 829. The van der Waals surface area contributed by atoms with Crippen molar-refractivity contribution in [2.75, 3.05) is 44.2 Å². The minimum atomic E-state index is -0.133. The first-order valence-electron chi connectivity index (χ1n) is 9.18. The van der Waals surface area contributed by atoms with E-state index in [1.807, 2.05) is 19.1 Å². The van der Waals surface area contributed by atoms with Gasteiger partial charge < -0.3 is 15.0 Å². The summed E-state index contributed by atoms with van der Waals surface area (Å²) in [4.78, 5) is 16.5. The van der Waals surface area contributed by atoms with Crippen LogP contribution in [-0.2, 0) is 13.1 Å². The van der Waals surface area contributed by atoms with Crippen molar-refractivity contribution in [3.63, 3.8) is 0 Å². The van der Waals surface area contributed by atoms with Gasteiger partial charge in [-0.25, -0.2) is 5.10 Å². The summed E-state index contributed by atoms with van der Waals surface area (Å²) in [7, 11) is 0. The number of hydrogen-bond donors (Lipinski definition) is 2. The average molecular weight is 355 g/mol. The van der Waals surface area contributed by atoms with E-state index < -0.39 is 0 Å². The Morgan fingerprint density at radius 3 is 2.92 bits per heavy atom. The molecule has 2 N–H and O–H groups in total. The molecule has 1 saturated heterocycles. The predicted molar refractivity (Wildman–Crippen MR) is 101 cm³/mol. The summed E-state index contributed by atoms with van der Waals surface area (Å²) in [6.07, 6.45) is 1.73. The molecule has 4 rings (SSSR count). The highest BCUT2D eigenvalue weighted by Gasteiger charge is 2.24. The number of piperazine rings is 1. The van der Waals surface area contributed by atoms with Crippen LogP contribution in [0.15, 0.2) is 29.2 Å². The molecule has 3 heterocycles. The molecule has 2 aromatic rings. The van der Waals surface area contributed by atoms with Gasteiger partial charge in [0.2, 0.25) is 0 Å². The first-order chi connectivity index (χ1) is 12.7. The third-order valence-corrected chi connectivity index (χ3v) is 5.23. The Labute approximate surface area is 153 Å². The van der Waals surface area contributed by atoms with Crippen LogP contribution in [0.5, 0.6) is 5.75 Å². The molecule has 7 nitrogen and oxygen atoms in total. The van der Waals surface area contributed by atoms with E-state index in [1.165, 1.54) is 11.1 Å². The van der Waals surface area contributed by atoms with Gasteiger partial charge in [-0.15, -0.1) is 0 Å². The summed E-state index contributed by atoms with van der Waals surface area (Å²) < 4.78 is 6.12. The van der Waals surface area contributed by atoms with Gasteiger partial charge in [-0.05, 0) is 18.6 Å². The molecule has 1 fully saturated rings. The Balaban J connectivity index is 1.44. The lowest BCUT2D eigenvalue weighted by atomic mass is 10.1. The number of benzene rings is 1. The molecule has 138 valence electrons. The Kier molecular flexibility index (Phi) is 4.90. The number of hydrogen-bond acceptors (Lipinski definition) is 6. The summed E-state index contributed by atoms with van der Waals surface area (Å²) >= 11 is 0. The van der Waals surface area contributed by atoms with E-state index in [1.54, 1.807) is 6.20 Å². The molecule has 1 aromatic carbocycles. The zero-order chi connectivity index (χ0) is 17.9. The second kappa shape index (κ2) is 7.47. The second-order valence-electron chi connectivity index (χ2n) is 6.90. The molecule has 0 radical (unpaired) electrons. The predicted octanol–water partition coefficient (Wildman–Crippen LogP) is 0.883. The zero-order valence-electron chi connectivity index (χ0n) is 15.1. The van der Waals surface area contributed by atoms with Crippen LogP contribution < -0.4 is 20.5 Å². The normalized spacial score (nSPS) is 17.3. The van der Waals surface area contributed by atoms with Crippen molar-refractivity contribution in [2.45, 2.75) is 20.0 Å². The van der Waals surface area contributed by atoms with Gasteiger partial charge in [-0.3, -0.25) is 9.69 Å². The van der Waals surface area contributed by atoms with E-state index in [9.17, 15) is 4.79 Å². The van der Waals surface area contributed by atoms with Gasteiger partial charge in [0.15, 0.2) is 0 Å². The zero-order valence-corrected chi connectivity index (χ0v) is 15.1. The van der Waals surface area contributed by atoms with E-state index >= 15 is 0 Å². The van der Waals surface area contributed by atoms with Gasteiger partial charge >= 0.3 is 0 Å². The van der Waals surface area contributed by atoms with Crippen LogP contribution in [0.25, 0.3) is 0 Å². The van der Waals surface area contributed by atoms with Crippen molar-refractivity contribution in [1.82, 2.24) is 20.4 Å². The quantitative estimate of drug-likeness (QED) is 0.830. The average Bonchev–Trinajstić information content (AvgIpc) is 3.10. The maximum absolute atomic E-state index is 11.8. The van der Waals surface area contributed by atoms with Crippen molar-refractivity contribution in [2.24, 2.45) is 0 Å². The number of rotatable bonds is 5. The molecule has 0 saturated carbocycles. The van der Waals surface area contributed by atoms with E-state index in [-0.39, 0.29) is 5.56 Å². The van der Waals surface area contributed by atoms with Crippen LogP contribution >= 0.6 is 0 Å². The summed E-state index contributed by atoms with van der Waals surface area (Å²) in [5.41, 5.74) is 3.92. The van der Waals surface area contributed by atoms with Crippen molar-refractivity contribution in [3.8, 4) is 5.75 Å². The molecule has 1 aromatic heterocycles. The number of fused-ring (bicyclic) bond motifs is 1. The van der Waals surface area contributed by atoms with Crippen LogP contribution in [0.1, 0.15) is 16.7 Å². The molecule has 26 heavy (non-hydrogen) atoms. The number of aromatic nitrogens is 2. The van der Waals surface area contributed by atoms with Crippen LogP contribution in [0.3, 0.4) is 0 Å². The van der Waals surface area contributed by atoms with Crippen LogP contribution in [0, 0.1) is 6.92 Å². The smallest absolute Gasteiger partial charge is 0.269 e. The van der Waals surface area contributed by atoms with Crippen molar-refractivity contribution in [3.05, 3.63) is 51.4 Å². The second-order valence-corrected chi connectivity index (χ2v) is 6.90. The fourth-order valence-electron chi connectivity index (χ4n) is 3.68. The highest BCUT2D eigenvalue weighted by molar-refractivity contribution is 5.57. The SMILES string of the molecule is Cc1c(N2Cc3cccc(OCCN4CCNCC4)c3C2)cn[nH]c1=O. The number of aromatic amines is 1. The number of H-pyrrole nitrogens is 1. The number of nitrogens with zero attached hydrogens (tertiary/aromatic N) is 3. The molecule has 2 aliphatic heterocycles. The van der Waals surface area contributed by atoms with Crippen LogP contribution in [0.2, 0.25) is 0 Å². The Hall–Kier alpha value is -2.38. The highest BCUT2D eigenvalue weighted by atomic mass is 16.5. The first-order valence-corrected chi connectivity index (χ1v) is 9.18. The molecular formula is C19H25N5O2. The molecule has 0 amide bonds. The van der Waals surface area contributed by atoms with E-state index in [2.05, 4.69) is 31.4 Å². The van der Waals surface area contributed by atoms with Crippen molar-refractivity contribution >= 4 is 5.69 Å². The van der Waals surface area contributed by atoms with Crippen molar-refractivity contribution < 1.29 is 4.74 Å². The van der Waals surface area contributed by atoms with E-state index in [4.69, 9.17) is 4.74 Å². The minimum Gasteiger partial charge on any atom is -0.492 e. The highest BCUT2D eigenvalue weighted by Crippen LogP contribution is 2.34. The molecular weight excluding hydrogens is 330 g/mol. The monoisotopic (exact) mass is 355 g/mol. The number of ether oxygens (including phenoxy) is 1. The molecule has 0 spiro atoms. The molecule has 0 unspecified atom stereocenters. The number of nitrogens with one attached hydrogen (secondary N) is 2. The Morgan fingerprint density at radius 2 is 2.08 bits per heavy atom. The van der Waals surface area contributed by atoms with Gasteiger partial charge in [0.25, 0.3) is 5.56 Å². The molecule has 2 aliphatic rings. The third kappa shape index (κ3) is 3.45. The molecule has 7 heteroatoms. The topological polar surface area (TPSA) is 73.5 Å². The maximum atomic E-state index is 11.8. The molecule has 0 aliphatic carbocycles. The van der Waals surface area contributed by atoms with E-state index in [0.29, 0.717) is 12.2 Å². The van der Waals surface area contributed by atoms with Gasteiger partial charge in [0.05, 0.1) is 11.9 Å². The van der Waals surface area contributed by atoms with Gasteiger partial charge in [-0.2, -0.15) is 5.10 Å². The van der Waals surface area contributed by atoms with Crippen molar-refractivity contribution in [1.29, 1.82) is 0 Å². The summed E-state index contributed by atoms with van der Waals surface area (Å²) in [6, 6.07) is 6.23. The fraction of sp³-hybridized carbons (Fsp3) is 0.474. The molecule has 0 bridgehead atoms. The van der Waals surface area contributed by atoms with Crippen LogP contribution in [0.4, 0.5) is 5.69 Å². The lowest BCUT2D eigenvalue weighted by Crippen LogP contribution is -2.44. The summed E-state index contributed by atoms with van der Waals surface area (Å²) in [5, 5.41) is 9.81. The summed E-state index contributed by atoms with van der Waals surface area (Å²) in [5.74, 6) is 0.954. The molecule has 0 atom stereocenters. The third-order valence-electron chi connectivity index (χ3n) is 5.23. The lowest BCUT2D eigenvalue weighted by molar-refractivity contribution is 0.190. The van der Waals surface area contributed by atoms with E-state index in [0.717, 1.165) is 57.3 Å². The minimum absolute atomic E-state index is 0.133. The largest absolute Gasteiger partial charge is 0.492 e. The van der Waals surface area contributed by atoms with Gasteiger partial charge in [0, 0.05) is 56.9 Å². The lowest BCUT2D eigenvalue weighted by Gasteiger charge is -2.27. The Morgan fingerprint density at radius 1 is 1.23 bits per heavy atom. The standard InChI is InChI=1S/C19H25N5O2/c1-14-17(11-21-22-19(14)25)24-12-15-3-2-4-18(16(15)13-24)26-10-9-23-7-5-20-6-8-23/h2-4,11,20H,5-10,12-13H2,1H3,(H,22,25). The first kappa shape index (κ1) is 17.1. The number of anilines is 1. The fourth-order valence-corrected chi connectivity index (χ4v) is 3.68.